The Morgan fingerprint density at radius 2 is 1.12 bits per heavy atom. The van der Waals surface area contributed by atoms with E-state index in [1.165, 1.54) is 0 Å². The van der Waals surface area contributed by atoms with Gasteiger partial charge in [0.05, 0.1) is 11.8 Å². The van der Waals surface area contributed by atoms with Crippen molar-refractivity contribution in [2.45, 2.75) is 45.5 Å². The van der Waals surface area contributed by atoms with Gasteiger partial charge in [0.1, 0.15) is 0 Å². The third-order valence-electron chi connectivity index (χ3n) is 3.61. The number of alkyl halides is 6. The van der Waals surface area contributed by atoms with E-state index < -0.39 is 36.5 Å². The molecule has 0 spiro atoms. The summed E-state index contributed by atoms with van der Waals surface area (Å²) in [6.45, 7) is 3.35. The first-order chi connectivity index (χ1) is 7.51. The van der Waals surface area contributed by atoms with Gasteiger partial charge in [0.25, 0.3) is 0 Å². The van der Waals surface area contributed by atoms with Crippen molar-refractivity contribution in [3.63, 3.8) is 0 Å². The fraction of sp³-hybridized carbons (Fsp3) is 1.00. The highest BCUT2D eigenvalue weighted by atomic mass is 19.4. The molecule has 0 aliphatic heterocycles. The molecular formula is C11H16F6. The van der Waals surface area contributed by atoms with E-state index >= 15 is 0 Å². The lowest BCUT2D eigenvalue weighted by molar-refractivity contribution is -0.230. The molecule has 1 aliphatic carbocycles. The van der Waals surface area contributed by atoms with Crippen molar-refractivity contribution in [3.8, 4) is 0 Å². The van der Waals surface area contributed by atoms with Crippen molar-refractivity contribution in [1.29, 1.82) is 0 Å². The fourth-order valence-corrected chi connectivity index (χ4v) is 2.44. The van der Waals surface area contributed by atoms with Crippen molar-refractivity contribution in [3.05, 3.63) is 0 Å². The average Bonchev–Trinajstić information content (AvgIpc) is 2.14. The molecule has 0 aromatic carbocycles. The van der Waals surface area contributed by atoms with Gasteiger partial charge < -0.3 is 0 Å². The molecule has 0 bridgehead atoms. The number of halogens is 6. The summed E-state index contributed by atoms with van der Waals surface area (Å²) < 4.78 is 75.4. The summed E-state index contributed by atoms with van der Waals surface area (Å²) in [5.74, 6) is -4.27. The minimum Gasteiger partial charge on any atom is -0.171 e. The molecule has 1 aliphatic rings. The minimum absolute atomic E-state index is 0.148. The van der Waals surface area contributed by atoms with E-state index in [9.17, 15) is 26.3 Å². The zero-order valence-electron chi connectivity index (χ0n) is 9.70. The molecule has 0 radical (unpaired) electrons. The molecular weight excluding hydrogens is 246 g/mol. The summed E-state index contributed by atoms with van der Waals surface area (Å²) in [7, 11) is 0. The molecule has 2 atom stereocenters. The van der Waals surface area contributed by atoms with Crippen molar-refractivity contribution in [2.24, 2.45) is 23.7 Å². The Bertz CT molecular complexity index is 230. The van der Waals surface area contributed by atoms with Gasteiger partial charge in [-0.25, -0.2) is 0 Å². The first-order valence-electron chi connectivity index (χ1n) is 5.65. The highest BCUT2D eigenvalue weighted by molar-refractivity contribution is 4.86. The first-order valence-corrected chi connectivity index (χ1v) is 5.65. The maximum absolute atomic E-state index is 12.6. The van der Waals surface area contributed by atoms with Crippen LogP contribution >= 0.6 is 0 Å². The van der Waals surface area contributed by atoms with Crippen LogP contribution in [0.2, 0.25) is 0 Å². The highest BCUT2D eigenvalue weighted by Crippen LogP contribution is 2.49. The predicted octanol–water partition coefficient (Wildman–Crippen LogP) is 4.80. The van der Waals surface area contributed by atoms with Gasteiger partial charge in [-0.2, -0.15) is 26.3 Å². The van der Waals surface area contributed by atoms with E-state index in [4.69, 9.17) is 0 Å². The van der Waals surface area contributed by atoms with Crippen LogP contribution in [0.25, 0.3) is 0 Å². The van der Waals surface area contributed by atoms with Crippen LogP contribution in [0.3, 0.4) is 0 Å². The molecule has 102 valence electrons. The Morgan fingerprint density at radius 1 is 0.765 bits per heavy atom. The van der Waals surface area contributed by atoms with Gasteiger partial charge >= 0.3 is 12.4 Å². The Morgan fingerprint density at radius 3 is 1.35 bits per heavy atom. The largest absolute Gasteiger partial charge is 0.391 e. The monoisotopic (exact) mass is 262 g/mol. The molecule has 0 saturated heterocycles. The Balaban J connectivity index is 2.84. The van der Waals surface area contributed by atoms with Gasteiger partial charge in [-0.1, -0.05) is 13.8 Å². The highest BCUT2D eigenvalue weighted by Gasteiger charge is 2.51. The van der Waals surface area contributed by atoms with Crippen LogP contribution in [0, 0.1) is 23.7 Å². The molecule has 1 fully saturated rings. The summed E-state index contributed by atoms with van der Waals surface area (Å²) in [6, 6.07) is 0. The summed E-state index contributed by atoms with van der Waals surface area (Å²) in [5.41, 5.74) is 0. The molecule has 0 amide bonds. The second kappa shape index (κ2) is 4.69. The van der Waals surface area contributed by atoms with E-state index in [2.05, 4.69) is 0 Å². The van der Waals surface area contributed by atoms with Crippen LogP contribution in [-0.4, -0.2) is 12.4 Å². The summed E-state index contributed by atoms with van der Waals surface area (Å²) >= 11 is 0. The Hall–Kier alpha value is -0.420. The maximum Gasteiger partial charge on any atom is 0.391 e. The summed E-state index contributed by atoms with van der Waals surface area (Å²) in [5, 5.41) is 0. The topological polar surface area (TPSA) is 0 Å². The smallest absolute Gasteiger partial charge is 0.171 e. The normalized spacial score (nSPS) is 31.9. The van der Waals surface area contributed by atoms with E-state index in [0.29, 0.717) is 0 Å². The van der Waals surface area contributed by atoms with Gasteiger partial charge in [-0.05, 0) is 31.1 Å². The summed E-state index contributed by atoms with van der Waals surface area (Å²) in [6.07, 6.45) is -10.2. The van der Waals surface area contributed by atoms with Crippen LogP contribution in [0.15, 0.2) is 0 Å². The van der Waals surface area contributed by atoms with Crippen molar-refractivity contribution >= 4 is 0 Å². The van der Waals surface area contributed by atoms with Crippen LogP contribution < -0.4 is 0 Å². The maximum atomic E-state index is 12.6. The lowest BCUT2D eigenvalue weighted by Crippen LogP contribution is -2.39. The van der Waals surface area contributed by atoms with Gasteiger partial charge in [0, 0.05) is 0 Å². The molecule has 0 N–H and O–H groups in total. The van der Waals surface area contributed by atoms with Gasteiger partial charge in [0.15, 0.2) is 0 Å². The minimum atomic E-state index is -4.52. The molecule has 0 nitrogen and oxygen atoms in total. The van der Waals surface area contributed by atoms with Gasteiger partial charge in [-0.15, -0.1) is 0 Å². The summed E-state index contributed by atoms with van der Waals surface area (Å²) in [4.78, 5) is 0. The first kappa shape index (κ1) is 14.6. The lowest BCUT2D eigenvalue weighted by atomic mass is 9.70. The van der Waals surface area contributed by atoms with Gasteiger partial charge in [0.2, 0.25) is 0 Å². The molecule has 17 heavy (non-hydrogen) atoms. The third kappa shape index (κ3) is 3.78. The van der Waals surface area contributed by atoms with Crippen molar-refractivity contribution < 1.29 is 26.3 Å². The van der Waals surface area contributed by atoms with Crippen LogP contribution in [0.5, 0.6) is 0 Å². The fourth-order valence-electron chi connectivity index (χ4n) is 2.44. The SMILES string of the molecule is CC(C)C1CC(C(F)(F)F)CC(C(F)(F)F)C1. The van der Waals surface area contributed by atoms with Crippen molar-refractivity contribution in [1.82, 2.24) is 0 Å². The van der Waals surface area contributed by atoms with E-state index in [1.54, 1.807) is 13.8 Å². The van der Waals surface area contributed by atoms with E-state index in [0.717, 1.165) is 0 Å². The quantitative estimate of drug-likeness (QED) is 0.595. The van der Waals surface area contributed by atoms with Crippen LogP contribution in [0.4, 0.5) is 26.3 Å². The molecule has 6 heteroatoms. The second-order valence-corrected chi connectivity index (χ2v) is 5.19. The van der Waals surface area contributed by atoms with E-state index in [1.807, 2.05) is 0 Å². The zero-order chi connectivity index (χ0) is 13.4. The molecule has 1 rings (SSSR count). The molecule has 0 heterocycles. The standard InChI is InChI=1S/C11H16F6/c1-6(2)7-3-8(10(12,13)14)5-9(4-7)11(15,16)17/h6-9H,3-5H2,1-2H3. The number of hydrogen-bond donors (Lipinski definition) is 0. The third-order valence-corrected chi connectivity index (χ3v) is 3.61. The molecule has 0 aromatic rings. The number of rotatable bonds is 1. The van der Waals surface area contributed by atoms with Gasteiger partial charge in [-0.3, -0.25) is 0 Å². The second-order valence-electron chi connectivity index (χ2n) is 5.19. The predicted molar refractivity (Wildman–Crippen MR) is 51.3 cm³/mol. The molecule has 0 aromatic heterocycles. The zero-order valence-corrected chi connectivity index (χ0v) is 9.70. The molecule has 2 unspecified atom stereocenters. The molecule has 1 saturated carbocycles. The van der Waals surface area contributed by atoms with Crippen molar-refractivity contribution in [2.75, 3.05) is 0 Å². The van der Waals surface area contributed by atoms with Crippen LogP contribution in [-0.2, 0) is 0 Å². The Kier molecular flexibility index (Phi) is 4.04. The Labute approximate surface area is 96.4 Å². The van der Waals surface area contributed by atoms with E-state index in [-0.39, 0.29) is 18.8 Å². The lowest BCUT2D eigenvalue weighted by Gasteiger charge is -2.38. The van der Waals surface area contributed by atoms with Crippen LogP contribution in [0.1, 0.15) is 33.1 Å². The number of hydrogen-bond acceptors (Lipinski definition) is 0. The average molecular weight is 262 g/mol.